The number of nitrogens with one attached hydrogen (secondary N) is 1. The van der Waals surface area contributed by atoms with E-state index in [2.05, 4.69) is 12.2 Å². The predicted octanol–water partition coefficient (Wildman–Crippen LogP) is 1.22. The minimum Gasteiger partial charge on any atom is -0.493 e. The van der Waals surface area contributed by atoms with Crippen LogP contribution in [0.15, 0.2) is 24.3 Å². The fraction of sp³-hybridized carbons (Fsp3) is 0.417. The average Bonchev–Trinajstić information content (AvgIpc) is 2.28. The normalized spacial score (nSPS) is 12.1. The summed E-state index contributed by atoms with van der Waals surface area (Å²) in [5.41, 5.74) is 6.21. The first kappa shape index (κ1) is 12.5. The number of carbonyl (C=O) groups is 1. The second-order valence-corrected chi connectivity index (χ2v) is 3.64. The average molecular weight is 222 g/mol. The molecule has 1 aromatic rings. The first-order valence-electron chi connectivity index (χ1n) is 5.32. The first-order chi connectivity index (χ1) is 7.63. The summed E-state index contributed by atoms with van der Waals surface area (Å²) in [6, 6.07) is 8.11. The maximum absolute atomic E-state index is 10.5. The zero-order valence-electron chi connectivity index (χ0n) is 9.69. The van der Waals surface area contributed by atoms with E-state index in [4.69, 9.17) is 10.5 Å². The molecule has 0 bridgehead atoms. The number of primary amides is 1. The van der Waals surface area contributed by atoms with E-state index in [0.717, 1.165) is 5.75 Å². The van der Waals surface area contributed by atoms with E-state index >= 15 is 0 Å². The summed E-state index contributed by atoms with van der Waals surface area (Å²) < 4.78 is 5.36. The smallest absolute Gasteiger partial charge is 0.220 e. The third-order valence-electron chi connectivity index (χ3n) is 2.43. The molecule has 0 radical (unpaired) electrons. The summed E-state index contributed by atoms with van der Waals surface area (Å²) in [5.74, 6) is 0.411. The van der Waals surface area contributed by atoms with Gasteiger partial charge in [-0.05, 0) is 31.7 Å². The largest absolute Gasteiger partial charge is 0.493 e. The first-order valence-corrected chi connectivity index (χ1v) is 5.32. The molecule has 0 saturated heterocycles. The van der Waals surface area contributed by atoms with Crippen LogP contribution >= 0.6 is 0 Å². The molecule has 0 fully saturated rings. The molecule has 0 aliphatic rings. The van der Waals surface area contributed by atoms with Crippen LogP contribution in [0.1, 0.15) is 24.9 Å². The van der Waals surface area contributed by atoms with Crippen molar-refractivity contribution >= 4 is 5.91 Å². The molecule has 3 N–H and O–H groups in total. The maximum Gasteiger partial charge on any atom is 0.220 e. The van der Waals surface area contributed by atoms with Gasteiger partial charge >= 0.3 is 0 Å². The Balaban J connectivity index is 2.48. The molecule has 0 aromatic heterocycles. The van der Waals surface area contributed by atoms with E-state index in [1.807, 2.05) is 31.3 Å². The van der Waals surface area contributed by atoms with Gasteiger partial charge in [0, 0.05) is 6.04 Å². The number of rotatable bonds is 6. The highest BCUT2D eigenvalue weighted by Crippen LogP contribution is 2.17. The summed E-state index contributed by atoms with van der Waals surface area (Å²) in [7, 11) is 1.92. The van der Waals surface area contributed by atoms with Crippen molar-refractivity contribution in [1.29, 1.82) is 0 Å². The highest BCUT2D eigenvalue weighted by molar-refractivity contribution is 5.73. The van der Waals surface area contributed by atoms with Gasteiger partial charge in [0.05, 0.1) is 13.0 Å². The molecule has 0 spiro atoms. The molecule has 0 saturated carbocycles. The van der Waals surface area contributed by atoms with E-state index in [1.165, 1.54) is 5.56 Å². The standard InChI is InChI=1S/C12H18N2O2/c1-9(14-2)10-3-5-11(6-4-10)16-8-7-12(13)15/h3-6,9,14H,7-8H2,1-2H3,(H2,13,15). The van der Waals surface area contributed by atoms with Crippen molar-refractivity contribution in [1.82, 2.24) is 5.32 Å². The fourth-order valence-electron chi connectivity index (χ4n) is 1.29. The Labute approximate surface area is 95.8 Å². The van der Waals surface area contributed by atoms with Gasteiger partial charge in [-0.15, -0.1) is 0 Å². The molecule has 1 rings (SSSR count). The summed E-state index contributed by atoms with van der Waals surface area (Å²) >= 11 is 0. The van der Waals surface area contributed by atoms with Crippen LogP contribution in [-0.4, -0.2) is 19.6 Å². The van der Waals surface area contributed by atoms with Gasteiger partial charge < -0.3 is 15.8 Å². The summed E-state index contributed by atoms with van der Waals surface area (Å²) in [6.07, 6.45) is 0.245. The second kappa shape index (κ2) is 6.12. The molecule has 4 nitrogen and oxygen atoms in total. The topological polar surface area (TPSA) is 64.3 Å². The number of hydrogen-bond acceptors (Lipinski definition) is 3. The highest BCUT2D eigenvalue weighted by Gasteiger charge is 2.02. The zero-order valence-corrected chi connectivity index (χ0v) is 9.69. The zero-order chi connectivity index (χ0) is 12.0. The van der Waals surface area contributed by atoms with E-state index in [-0.39, 0.29) is 12.3 Å². The van der Waals surface area contributed by atoms with Gasteiger partial charge in [0.15, 0.2) is 0 Å². The Kier molecular flexibility index (Phi) is 4.79. The number of carbonyl (C=O) groups excluding carboxylic acids is 1. The Morgan fingerprint density at radius 1 is 1.44 bits per heavy atom. The third kappa shape index (κ3) is 3.90. The van der Waals surface area contributed by atoms with Crippen molar-refractivity contribution in [2.24, 2.45) is 5.73 Å². The van der Waals surface area contributed by atoms with Crippen LogP contribution in [0.4, 0.5) is 0 Å². The maximum atomic E-state index is 10.5. The highest BCUT2D eigenvalue weighted by atomic mass is 16.5. The quantitative estimate of drug-likeness (QED) is 0.760. The second-order valence-electron chi connectivity index (χ2n) is 3.64. The number of benzene rings is 1. The van der Waals surface area contributed by atoms with Crippen molar-refractivity contribution < 1.29 is 9.53 Å². The fourth-order valence-corrected chi connectivity index (χ4v) is 1.29. The molecule has 1 aromatic carbocycles. The molecule has 0 aliphatic heterocycles. The Morgan fingerprint density at radius 2 is 2.06 bits per heavy atom. The van der Waals surface area contributed by atoms with Gasteiger partial charge in [-0.25, -0.2) is 0 Å². The van der Waals surface area contributed by atoms with Crippen molar-refractivity contribution in [2.75, 3.05) is 13.7 Å². The number of nitrogens with two attached hydrogens (primary N) is 1. The van der Waals surface area contributed by atoms with Crippen LogP contribution in [-0.2, 0) is 4.79 Å². The molecule has 1 atom stereocenters. The monoisotopic (exact) mass is 222 g/mol. The van der Waals surface area contributed by atoms with Crippen molar-refractivity contribution in [3.63, 3.8) is 0 Å². The lowest BCUT2D eigenvalue weighted by Crippen LogP contribution is -2.14. The lowest BCUT2D eigenvalue weighted by atomic mass is 10.1. The lowest BCUT2D eigenvalue weighted by molar-refractivity contribution is -0.118. The lowest BCUT2D eigenvalue weighted by Gasteiger charge is -2.11. The minimum absolute atomic E-state index is 0.245. The van der Waals surface area contributed by atoms with E-state index in [0.29, 0.717) is 12.6 Å². The number of hydrogen-bond donors (Lipinski definition) is 2. The molecule has 1 amide bonds. The van der Waals surface area contributed by atoms with Crippen molar-refractivity contribution in [2.45, 2.75) is 19.4 Å². The molecule has 4 heteroatoms. The summed E-state index contributed by atoms with van der Waals surface area (Å²) in [4.78, 5) is 10.5. The predicted molar refractivity (Wildman–Crippen MR) is 63.2 cm³/mol. The van der Waals surface area contributed by atoms with Gasteiger partial charge in [-0.1, -0.05) is 12.1 Å². The molecule has 0 aliphatic carbocycles. The van der Waals surface area contributed by atoms with Crippen molar-refractivity contribution in [3.05, 3.63) is 29.8 Å². The van der Waals surface area contributed by atoms with Gasteiger partial charge in [0.2, 0.25) is 5.91 Å². The third-order valence-corrected chi connectivity index (χ3v) is 2.43. The van der Waals surface area contributed by atoms with Gasteiger partial charge in [-0.3, -0.25) is 4.79 Å². The van der Waals surface area contributed by atoms with E-state index in [1.54, 1.807) is 0 Å². The van der Waals surface area contributed by atoms with Crippen LogP contribution in [0, 0.1) is 0 Å². The van der Waals surface area contributed by atoms with Crippen LogP contribution in [0.25, 0.3) is 0 Å². The van der Waals surface area contributed by atoms with Gasteiger partial charge in [0.25, 0.3) is 0 Å². The Hall–Kier alpha value is -1.55. The Morgan fingerprint density at radius 3 is 2.56 bits per heavy atom. The van der Waals surface area contributed by atoms with Crippen molar-refractivity contribution in [3.8, 4) is 5.75 Å². The van der Waals surface area contributed by atoms with Crippen LogP contribution in [0.5, 0.6) is 5.75 Å². The molecule has 16 heavy (non-hydrogen) atoms. The van der Waals surface area contributed by atoms with Crippen LogP contribution in [0.3, 0.4) is 0 Å². The molecular weight excluding hydrogens is 204 g/mol. The molecule has 0 heterocycles. The van der Waals surface area contributed by atoms with E-state index < -0.39 is 0 Å². The summed E-state index contributed by atoms with van der Waals surface area (Å²) in [5, 5.41) is 3.16. The van der Waals surface area contributed by atoms with Gasteiger partial charge in [-0.2, -0.15) is 0 Å². The summed E-state index contributed by atoms with van der Waals surface area (Å²) in [6.45, 7) is 2.42. The van der Waals surface area contributed by atoms with Gasteiger partial charge in [0.1, 0.15) is 5.75 Å². The molecular formula is C12H18N2O2. The number of amides is 1. The minimum atomic E-state index is -0.347. The van der Waals surface area contributed by atoms with Crippen LogP contribution in [0.2, 0.25) is 0 Å². The Bertz CT molecular complexity index is 335. The SMILES string of the molecule is CNC(C)c1ccc(OCCC(N)=O)cc1. The molecule has 88 valence electrons. The number of ether oxygens (including phenoxy) is 1. The molecule has 1 unspecified atom stereocenters. The van der Waals surface area contributed by atoms with Crippen LogP contribution < -0.4 is 15.8 Å². The van der Waals surface area contributed by atoms with E-state index in [9.17, 15) is 4.79 Å².